The number of thiophene rings is 1. The zero-order valence-electron chi connectivity index (χ0n) is 14.0. The van der Waals surface area contributed by atoms with E-state index in [1.54, 1.807) is 16.2 Å². The van der Waals surface area contributed by atoms with Gasteiger partial charge in [0.05, 0.1) is 16.8 Å². The van der Waals surface area contributed by atoms with Crippen molar-refractivity contribution in [2.24, 2.45) is 0 Å². The average Bonchev–Trinajstić information content (AvgIpc) is 3.15. The van der Waals surface area contributed by atoms with Crippen LogP contribution in [0, 0.1) is 0 Å². The lowest BCUT2D eigenvalue weighted by atomic mass is 10.2. The summed E-state index contributed by atoms with van der Waals surface area (Å²) < 4.78 is 3.21. The van der Waals surface area contributed by atoms with Crippen molar-refractivity contribution in [3.8, 4) is 0 Å². The van der Waals surface area contributed by atoms with Crippen LogP contribution in [-0.4, -0.2) is 33.6 Å². The minimum absolute atomic E-state index is 0.0370. The highest BCUT2D eigenvalue weighted by atomic mass is 32.1. The largest absolute Gasteiger partial charge is 0.395 e. The molecular weight excluding hydrogens is 320 g/mol. The Bertz CT molecular complexity index is 820. The van der Waals surface area contributed by atoms with Crippen LogP contribution in [0.3, 0.4) is 0 Å². The third-order valence-electron chi connectivity index (χ3n) is 4.07. The molecule has 126 valence electrons. The zero-order chi connectivity index (χ0) is 17.1. The van der Waals surface area contributed by atoms with E-state index in [9.17, 15) is 9.90 Å². The molecule has 1 N–H and O–H groups in total. The van der Waals surface area contributed by atoms with Gasteiger partial charge in [-0.3, -0.25) is 4.79 Å². The van der Waals surface area contributed by atoms with Gasteiger partial charge in [0.25, 0.3) is 5.91 Å². The first-order valence-electron chi connectivity index (χ1n) is 8.14. The summed E-state index contributed by atoms with van der Waals surface area (Å²) in [5.41, 5.74) is 2.85. The third kappa shape index (κ3) is 3.23. The molecule has 2 heterocycles. The van der Waals surface area contributed by atoms with Crippen LogP contribution in [0.15, 0.2) is 47.8 Å². The number of amides is 1. The van der Waals surface area contributed by atoms with Gasteiger partial charge in [0.1, 0.15) is 5.69 Å². The van der Waals surface area contributed by atoms with Gasteiger partial charge >= 0.3 is 0 Å². The van der Waals surface area contributed by atoms with E-state index in [4.69, 9.17) is 0 Å². The minimum atomic E-state index is -0.0463. The Labute approximate surface area is 145 Å². The number of nitrogens with zero attached hydrogens (tertiary/aromatic N) is 2. The number of aromatic nitrogens is 1. The maximum Gasteiger partial charge on any atom is 0.270 e. The van der Waals surface area contributed by atoms with E-state index in [1.165, 1.54) is 0 Å². The average molecular weight is 342 g/mol. The summed E-state index contributed by atoms with van der Waals surface area (Å²) in [7, 11) is 0. The molecule has 0 radical (unpaired) electrons. The van der Waals surface area contributed by atoms with E-state index in [1.807, 2.05) is 41.8 Å². The maximum absolute atomic E-state index is 13.1. The summed E-state index contributed by atoms with van der Waals surface area (Å²) in [6.07, 6.45) is 0. The highest BCUT2D eigenvalue weighted by Gasteiger charge is 2.23. The highest BCUT2D eigenvalue weighted by Crippen LogP contribution is 2.29. The van der Waals surface area contributed by atoms with E-state index in [2.05, 4.69) is 24.5 Å². The normalized spacial score (nSPS) is 11.3. The van der Waals surface area contributed by atoms with E-state index in [-0.39, 0.29) is 18.6 Å². The molecule has 24 heavy (non-hydrogen) atoms. The molecule has 0 saturated carbocycles. The Hall–Kier alpha value is -2.11. The Kier molecular flexibility index (Phi) is 5.02. The molecule has 0 spiro atoms. The maximum atomic E-state index is 13.1. The van der Waals surface area contributed by atoms with Gasteiger partial charge in [-0.2, -0.15) is 0 Å². The Morgan fingerprint density at radius 2 is 2.00 bits per heavy atom. The molecular formula is C19H22N2O2S. The van der Waals surface area contributed by atoms with Crippen molar-refractivity contribution >= 4 is 27.5 Å². The fourth-order valence-electron chi connectivity index (χ4n) is 3.00. The molecule has 0 aliphatic rings. The smallest absolute Gasteiger partial charge is 0.270 e. The van der Waals surface area contributed by atoms with Crippen LogP contribution in [0.2, 0.25) is 0 Å². The number of aliphatic hydroxyl groups is 1. The summed E-state index contributed by atoms with van der Waals surface area (Å²) in [4.78, 5) is 14.8. The van der Waals surface area contributed by atoms with E-state index in [0.717, 1.165) is 15.8 Å². The van der Waals surface area contributed by atoms with Crippen LogP contribution in [0.5, 0.6) is 0 Å². The topological polar surface area (TPSA) is 45.5 Å². The number of rotatable bonds is 6. The van der Waals surface area contributed by atoms with Crippen molar-refractivity contribution in [2.45, 2.75) is 26.4 Å². The number of carbonyl (C=O) groups excluding carboxylic acids is 1. The van der Waals surface area contributed by atoms with Crippen LogP contribution < -0.4 is 0 Å². The Morgan fingerprint density at radius 1 is 1.25 bits per heavy atom. The first-order valence-corrected chi connectivity index (χ1v) is 9.02. The molecule has 0 aliphatic heterocycles. The summed E-state index contributed by atoms with van der Waals surface area (Å²) in [6, 6.07) is 14.1. The number of carbonyl (C=O) groups is 1. The van der Waals surface area contributed by atoms with Crippen molar-refractivity contribution in [1.29, 1.82) is 0 Å². The van der Waals surface area contributed by atoms with Gasteiger partial charge in [-0.15, -0.1) is 11.3 Å². The first kappa shape index (κ1) is 16.7. The third-order valence-corrected chi connectivity index (χ3v) is 4.92. The fourth-order valence-corrected chi connectivity index (χ4v) is 3.82. The lowest BCUT2D eigenvalue weighted by Crippen LogP contribution is -2.34. The number of benzene rings is 1. The molecule has 0 unspecified atom stereocenters. The second kappa shape index (κ2) is 7.20. The van der Waals surface area contributed by atoms with Gasteiger partial charge in [-0.05, 0) is 36.9 Å². The van der Waals surface area contributed by atoms with Gasteiger partial charge < -0.3 is 14.6 Å². The molecule has 0 bridgehead atoms. The van der Waals surface area contributed by atoms with E-state index in [0.29, 0.717) is 18.8 Å². The van der Waals surface area contributed by atoms with Crippen molar-refractivity contribution in [2.75, 3.05) is 13.2 Å². The molecule has 0 aliphatic carbocycles. The fraction of sp³-hybridized carbons (Fsp3) is 0.316. The lowest BCUT2D eigenvalue weighted by Gasteiger charge is -2.24. The molecule has 5 heteroatoms. The number of aliphatic hydroxyl groups excluding tert-OH is 1. The van der Waals surface area contributed by atoms with Crippen LogP contribution in [0.4, 0.5) is 0 Å². The van der Waals surface area contributed by atoms with Crippen LogP contribution in [0.25, 0.3) is 10.2 Å². The van der Waals surface area contributed by atoms with Crippen molar-refractivity contribution in [1.82, 2.24) is 9.47 Å². The standard InChI is InChI=1S/C19H22N2O2S/c1-14(2)21-16-8-11-24-18(16)12-17(21)19(23)20(9-10-22)13-15-6-4-3-5-7-15/h3-8,11-12,14,22H,9-10,13H2,1-2H3. The minimum Gasteiger partial charge on any atom is -0.395 e. The summed E-state index contributed by atoms with van der Waals surface area (Å²) in [5.74, 6) is -0.0370. The van der Waals surface area contributed by atoms with Gasteiger partial charge in [-0.25, -0.2) is 0 Å². The quantitative estimate of drug-likeness (QED) is 0.738. The summed E-state index contributed by atoms with van der Waals surface area (Å²) in [6.45, 7) is 4.94. The Morgan fingerprint density at radius 3 is 2.67 bits per heavy atom. The van der Waals surface area contributed by atoms with Gasteiger partial charge in [0, 0.05) is 19.1 Å². The van der Waals surface area contributed by atoms with Crippen molar-refractivity contribution < 1.29 is 9.90 Å². The molecule has 0 atom stereocenters. The van der Waals surface area contributed by atoms with Crippen LogP contribution in [0.1, 0.15) is 35.9 Å². The van der Waals surface area contributed by atoms with E-state index >= 15 is 0 Å². The molecule has 0 saturated heterocycles. The monoisotopic (exact) mass is 342 g/mol. The number of hydrogen-bond donors (Lipinski definition) is 1. The SMILES string of the molecule is CC(C)n1c(C(=O)N(CCO)Cc2ccccc2)cc2sccc21. The molecule has 1 amide bonds. The van der Waals surface area contributed by atoms with Crippen LogP contribution in [-0.2, 0) is 6.54 Å². The highest BCUT2D eigenvalue weighted by molar-refractivity contribution is 7.17. The van der Waals surface area contributed by atoms with E-state index < -0.39 is 0 Å². The lowest BCUT2D eigenvalue weighted by molar-refractivity contribution is 0.0696. The predicted octanol–water partition coefficient (Wildman–Crippen LogP) is 3.92. The molecule has 3 rings (SSSR count). The molecule has 0 fully saturated rings. The second-order valence-corrected chi connectivity index (χ2v) is 7.05. The molecule has 4 nitrogen and oxygen atoms in total. The molecule has 2 aromatic heterocycles. The first-order chi connectivity index (χ1) is 11.6. The number of hydrogen-bond acceptors (Lipinski definition) is 3. The number of fused-ring (bicyclic) bond motifs is 1. The van der Waals surface area contributed by atoms with Gasteiger partial charge in [0.2, 0.25) is 0 Å². The summed E-state index contributed by atoms with van der Waals surface area (Å²) >= 11 is 1.65. The Balaban J connectivity index is 1.95. The second-order valence-electron chi connectivity index (χ2n) is 6.10. The van der Waals surface area contributed by atoms with Gasteiger partial charge in [0.15, 0.2) is 0 Å². The molecule has 1 aromatic carbocycles. The molecule has 3 aromatic rings. The zero-order valence-corrected chi connectivity index (χ0v) is 14.8. The van der Waals surface area contributed by atoms with Gasteiger partial charge in [-0.1, -0.05) is 30.3 Å². The van der Waals surface area contributed by atoms with Crippen LogP contribution >= 0.6 is 11.3 Å². The van der Waals surface area contributed by atoms with Crippen molar-refractivity contribution in [3.63, 3.8) is 0 Å². The van der Waals surface area contributed by atoms with Crippen molar-refractivity contribution in [3.05, 3.63) is 59.1 Å². The predicted molar refractivity (Wildman–Crippen MR) is 98.5 cm³/mol. The summed E-state index contributed by atoms with van der Waals surface area (Å²) in [5, 5.41) is 11.4.